The number of nitrogens with zero attached hydrogens (tertiary/aromatic N) is 1. The number of carbonyl (C=O) groups is 2. The third-order valence-electron chi connectivity index (χ3n) is 2.08. The minimum absolute atomic E-state index is 0.0285. The number of carbonyl (C=O) groups excluding carboxylic acids is 1. The monoisotopic (exact) mass is 321 g/mol. The maximum Gasteiger partial charge on any atom is 0.356 e. The van der Waals surface area contributed by atoms with Crippen LogP contribution in [0.5, 0.6) is 0 Å². The highest BCUT2D eigenvalue weighted by molar-refractivity contribution is 7.91. The molecule has 0 aliphatic rings. The van der Waals surface area contributed by atoms with Crippen molar-refractivity contribution in [1.82, 2.24) is 15.0 Å². The van der Waals surface area contributed by atoms with Crippen LogP contribution < -0.4 is 10.0 Å². The molecule has 1 amide bonds. The lowest BCUT2D eigenvalue weighted by Gasteiger charge is -2.08. The summed E-state index contributed by atoms with van der Waals surface area (Å²) in [5.41, 5.74) is 0.623. The summed E-state index contributed by atoms with van der Waals surface area (Å²) in [4.78, 5) is 25.7. The van der Waals surface area contributed by atoms with E-state index in [-0.39, 0.29) is 29.1 Å². The molecule has 0 aliphatic heterocycles. The van der Waals surface area contributed by atoms with Crippen LogP contribution in [0.2, 0.25) is 0 Å². The lowest BCUT2D eigenvalue weighted by Crippen LogP contribution is -2.34. The Balaban J connectivity index is 2.65. The molecule has 0 spiro atoms. The van der Waals surface area contributed by atoms with Gasteiger partial charge in [-0.3, -0.25) is 4.79 Å². The molecule has 8 nitrogen and oxygen atoms in total. The molecular weight excluding hydrogens is 306 g/mol. The molecule has 1 aromatic rings. The number of nitrogens with one attached hydrogen (secondary N) is 2. The number of sulfonamides is 1. The number of aromatic carboxylic acids is 1. The highest BCUT2D eigenvalue weighted by atomic mass is 32.2. The maximum absolute atomic E-state index is 11.9. The molecule has 0 atom stereocenters. The van der Waals surface area contributed by atoms with E-state index in [0.717, 1.165) is 5.51 Å². The van der Waals surface area contributed by atoms with Gasteiger partial charge in [-0.15, -0.1) is 11.3 Å². The molecule has 0 saturated heterocycles. The van der Waals surface area contributed by atoms with Crippen LogP contribution in [0.15, 0.2) is 9.72 Å². The first-order valence-corrected chi connectivity index (χ1v) is 8.06. The van der Waals surface area contributed by atoms with Crippen LogP contribution in [-0.2, 0) is 14.8 Å². The van der Waals surface area contributed by atoms with Crippen molar-refractivity contribution in [3.05, 3.63) is 11.2 Å². The summed E-state index contributed by atoms with van der Waals surface area (Å²) in [6, 6.07) is -0.0285. The number of amides is 1. The number of aromatic nitrogens is 1. The third-order valence-corrected chi connectivity index (χ3v) is 4.91. The van der Waals surface area contributed by atoms with E-state index >= 15 is 0 Å². The van der Waals surface area contributed by atoms with Crippen molar-refractivity contribution >= 4 is 33.2 Å². The van der Waals surface area contributed by atoms with E-state index in [0.29, 0.717) is 11.3 Å². The van der Waals surface area contributed by atoms with E-state index in [2.05, 4.69) is 15.0 Å². The second-order valence-electron chi connectivity index (χ2n) is 4.16. The topological polar surface area (TPSA) is 125 Å². The first-order valence-electron chi connectivity index (χ1n) is 5.70. The lowest BCUT2D eigenvalue weighted by atomic mass is 10.3. The van der Waals surface area contributed by atoms with Crippen LogP contribution in [0.25, 0.3) is 0 Å². The first kappa shape index (κ1) is 16.5. The fraction of sp³-hybridized carbons (Fsp3) is 0.500. The lowest BCUT2D eigenvalue weighted by molar-refractivity contribution is -0.121. The summed E-state index contributed by atoms with van der Waals surface area (Å²) in [6.07, 6.45) is -0.0291. The summed E-state index contributed by atoms with van der Waals surface area (Å²) in [5.74, 6) is -1.70. The minimum Gasteiger partial charge on any atom is -0.476 e. The molecule has 0 fully saturated rings. The number of carboxylic acid groups (broad SMARTS) is 1. The highest BCUT2D eigenvalue weighted by Crippen LogP contribution is 2.19. The van der Waals surface area contributed by atoms with Crippen molar-refractivity contribution < 1.29 is 23.1 Å². The largest absolute Gasteiger partial charge is 0.476 e. The molecule has 0 aliphatic carbocycles. The van der Waals surface area contributed by atoms with E-state index in [4.69, 9.17) is 5.11 Å². The Bertz CT molecular complexity index is 594. The van der Waals surface area contributed by atoms with Gasteiger partial charge < -0.3 is 10.4 Å². The predicted octanol–water partition coefficient (Wildman–Crippen LogP) is 0.0343. The number of rotatable bonds is 7. The molecule has 0 saturated carbocycles. The Morgan fingerprint density at radius 3 is 2.65 bits per heavy atom. The Hall–Kier alpha value is -1.52. The van der Waals surface area contributed by atoms with Crippen LogP contribution >= 0.6 is 11.3 Å². The number of carboxylic acids is 1. The van der Waals surface area contributed by atoms with E-state index < -0.39 is 21.7 Å². The average Bonchev–Trinajstić information content (AvgIpc) is 2.76. The second kappa shape index (κ2) is 6.77. The average molecular weight is 321 g/mol. The van der Waals surface area contributed by atoms with Crippen molar-refractivity contribution in [2.75, 3.05) is 6.54 Å². The summed E-state index contributed by atoms with van der Waals surface area (Å²) < 4.78 is 25.6. The van der Waals surface area contributed by atoms with Crippen molar-refractivity contribution in [2.24, 2.45) is 0 Å². The minimum atomic E-state index is -3.97. The van der Waals surface area contributed by atoms with E-state index in [1.165, 1.54) is 0 Å². The standard InChI is InChI=1S/C10H15N3O5S2/c1-6(2)13-7(14)3-4-12-20(17,18)10-8(9(15)16)11-5-19-10/h5-6,12H,3-4H2,1-2H3,(H,13,14)(H,15,16). The molecule has 1 rings (SSSR count). The Labute approximate surface area is 120 Å². The maximum atomic E-state index is 11.9. The molecular formula is C10H15N3O5S2. The molecule has 1 heterocycles. The van der Waals surface area contributed by atoms with Crippen LogP contribution in [0, 0.1) is 0 Å². The molecule has 20 heavy (non-hydrogen) atoms. The zero-order valence-electron chi connectivity index (χ0n) is 10.9. The SMILES string of the molecule is CC(C)NC(=O)CCNS(=O)(=O)c1scnc1C(=O)O. The van der Waals surface area contributed by atoms with Gasteiger partial charge in [-0.1, -0.05) is 0 Å². The van der Waals surface area contributed by atoms with Gasteiger partial charge in [-0.25, -0.2) is 22.9 Å². The van der Waals surface area contributed by atoms with Crippen molar-refractivity contribution in [1.29, 1.82) is 0 Å². The van der Waals surface area contributed by atoms with Gasteiger partial charge in [0.05, 0.1) is 5.51 Å². The zero-order chi connectivity index (χ0) is 15.3. The summed E-state index contributed by atoms with van der Waals surface area (Å²) >= 11 is 0.711. The van der Waals surface area contributed by atoms with E-state index in [9.17, 15) is 18.0 Å². The second-order valence-corrected chi connectivity index (χ2v) is 6.98. The van der Waals surface area contributed by atoms with Gasteiger partial charge in [0.1, 0.15) is 0 Å². The molecule has 0 radical (unpaired) electrons. The van der Waals surface area contributed by atoms with Gasteiger partial charge in [0.2, 0.25) is 5.91 Å². The van der Waals surface area contributed by atoms with Gasteiger partial charge in [-0.05, 0) is 13.8 Å². The van der Waals surface area contributed by atoms with Crippen molar-refractivity contribution in [2.45, 2.75) is 30.5 Å². The summed E-state index contributed by atoms with van der Waals surface area (Å²) in [5, 5.41) is 11.4. The van der Waals surface area contributed by atoms with Gasteiger partial charge in [0.25, 0.3) is 10.0 Å². The van der Waals surface area contributed by atoms with Crippen LogP contribution in [0.1, 0.15) is 30.8 Å². The van der Waals surface area contributed by atoms with Gasteiger partial charge in [0, 0.05) is 19.0 Å². The smallest absolute Gasteiger partial charge is 0.356 e. The van der Waals surface area contributed by atoms with E-state index in [1.54, 1.807) is 13.8 Å². The van der Waals surface area contributed by atoms with Gasteiger partial charge in [-0.2, -0.15) is 0 Å². The molecule has 0 aromatic carbocycles. The fourth-order valence-electron chi connectivity index (χ4n) is 1.33. The molecule has 3 N–H and O–H groups in total. The Morgan fingerprint density at radius 1 is 1.45 bits per heavy atom. The highest BCUT2D eigenvalue weighted by Gasteiger charge is 2.25. The number of hydrogen-bond acceptors (Lipinski definition) is 6. The Morgan fingerprint density at radius 2 is 2.10 bits per heavy atom. The van der Waals surface area contributed by atoms with Gasteiger partial charge in [0.15, 0.2) is 9.90 Å². The first-order chi connectivity index (χ1) is 9.24. The normalized spacial score (nSPS) is 11.6. The van der Waals surface area contributed by atoms with Crippen LogP contribution in [-0.4, -0.2) is 43.0 Å². The van der Waals surface area contributed by atoms with Crippen LogP contribution in [0.4, 0.5) is 0 Å². The predicted molar refractivity (Wildman–Crippen MR) is 72.2 cm³/mol. The number of hydrogen-bond donors (Lipinski definition) is 3. The summed E-state index contributed by atoms with van der Waals surface area (Å²) in [6.45, 7) is 3.47. The Kier molecular flexibility index (Phi) is 5.60. The molecule has 112 valence electrons. The molecule has 1 aromatic heterocycles. The molecule has 0 bridgehead atoms. The summed E-state index contributed by atoms with van der Waals surface area (Å²) in [7, 11) is -3.97. The quantitative estimate of drug-likeness (QED) is 0.651. The van der Waals surface area contributed by atoms with Gasteiger partial charge >= 0.3 is 5.97 Å². The fourth-order valence-corrected chi connectivity index (χ4v) is 3.54. The van der Waals surface area contributed by atoms with Crippen molar-refractivity contribution in [3.63, 3.8) is 0 Å². The van der Waals surface area contributed by atoms with Crippen molar-refractivity contribution in [3.8, 4) is 0 Å². The molecule has 10 heteroatoms. The van der Waals surface area contributed by atoms with E-state index in [1.807, 2.05) is 0 Å². The molecule has 0 unspecified atom stereocenters. The number of thiazole rings is 1. The third kappa shape index (κ3) is 4.54. The van der Waals surface area contributed by atoms with Crippen LogP contribution in [0.3, 0.4) is 0 Å². The zero-order valence-corrected chi connectivity index (χ0v) is 12.5.